The van der Waals surface area contributed by atoms with Crippen molar-refractivity contribution in [1.29, 1.82) is 0 Å². The Morgan fingerprint density at radius 3 is 1.41 bits per heavy atom. The molecule has 0 rings (SSSR count). The van der Waals surface area contributed by atoms with Crippen LogP contribution in [0, 0.1) is 5.92 Å². The van der Waals surface area contributed by atoms with Crippen LogP contribution in [0.25, 0.3) is 0 Å². The van der Waals surface area contributed by atoms with Gasteiger partial charge in [-0.05, 0) is 47.0 Å². The third-order valence-corrected chi connectivity index (χ3v) is 4.00. The fourth-order valence-electron chi connectivity index (χ4n) is 2.41. The standard InChI is InChI=1S/C21H44O6/c1-8-9-16(2)10-23-12-18(4)25-14-20(6)27-15-21(7)26-13-19(5)24-11-17(3)22/h16-22H,8-15H2,1-7H3. The first-order valence-electron chi connectivity index (χ1n) is 10.5. The molecule has 0 aliphatic rings. The lowest BCUT2D eigenvalue weighted by atomic mass is 10.1. The maximum absolute atomic E-state index is 9.20. The first-order valence-corrected chi connectivity index (χ1v) is 10.5. The highest BCUT2D eigenvalue weighted by Crippen LogP contribution is 2.06. The van der Waals surface area contributed by atoms with Gasteiger partial charge in [-0.3, -0.25) is 0 Å². The zero-order valence-corrected chi connectivity index (χ0v) is 18.6. The van der Waals surface area contributed by atoms with Crippen molar-refractivity contribution in [3.63, 3.8) is 0 Å². The van der Waals surface area contributed by atoms with Crippen LogP contribution in [0.1, 0.15) is 61.3 Å². The summed E-state index contributed by atoms with van der Waals surface area (Å²) < 4.78 is 28.5. The Bertz CT molecular complexity index is 326. The van der Waals surface area contributed by atoms with Crippen molar-refractivity contribution >= 4 is 0 Å². The minimum absolute atomic E-state index is 0.00132. The third kappa shape index (κ3) is 17.6. The van der Waals surface area contributed by atoms with Crippen LogP contribution >= 0.6 is 0 Å². The predicted molar refractivity (Wildman–Crippen MR) is 108 cm³/mol. The molecular weight excluding hydrogens is 348 g/mol. The highest BCUT2D eigenvalue weighted by molar-refractivity contribution is 4.58. The molecule has 6 atom stereocenters. The van der Waals surface area contributed by atoms with E-state index in [4.69, 9.17) is 23.7 Å². The van der Waals surface area contributed by atoms with Gasteiger partial charge in [-0.1, -0.05) is 20.3 Å². The molecule has 6 heteroatoms. The van der Waals surface area contributed by atoms with E-state index in [0.29, 0.717) is 39.0 Å². The van der Waals surface area contributed by atoms with E-state index >= 15 is 0 Å². The molecule has 0 aromatic carbocycles. The third-order valence-electron chi connectivity index (χ3n) is 4.00. The number of ether oxygens (including phenoxy) is 5. The number of aliphatic hydroxyl groups is 1. The Morgan fingerprint density at radius 1 is 0.593 bits per heavy atom. The van der Waals surface area contributed by atoms with E-state index in [1.165, 1.54) is 12.8 Å². The zero-order valence-electron chi connectivity index (χ0n) is 18.6. The van der Waals surface area contributed by atoms with E-state index in [2.05, 4.69) is 13.8 Å². The van der Waals surface area contributed by atoms with Crippen molar-refractivity contribution in [3.8, 4) is 0 Å². The predicted octanol–water partition coefficient (Wildman–Crippen LogP) is 3.44. The summed E-state index contributed by atoms with van der Waals surface area (Å²) in [5, 5.41) is 9.20. The van der Waals surface area contributed by atoms with Crippen molar-refractivity contribution in [2.24, 2.45) is 5.92 Å². The van der Waals surface area contributed by atoms with Gasteiger partial charge in [-0.2, -0.15) is 0 Å². The van der Waals surface area contributed by atoms with E-state index in [-0.39, 0.29) is 24.4 Å². The smallest absolute Gasteiger partial charge is 0.0781 e. The molecule has 27 heavy (non-hydrogen) atoms. The summed E-state index contributed by atoms with van der Waals surface area (Å²) in [4.78, 5) is 0. The highest BCUT2D eigenvalue weighted by atomic mass is 16.6. The van der Waals surface area contributed by atoms with Gasteiger partial charge in [0.1, 0.15) is 0 Å². The minimum Gasteiger partial charge on any atom is -0.391 e. The summed E-state index contributed by atoms with van der Waals surface area (Å²) >= 11 is 0. The lowest BCUT2D eigenvalue weighted by Gasteiger charge is -2.21. The monoisotopic (exact) mass is 392 g/mol. The fourth-order valence-corrected chi connectivity index (χ4v) is 2.41. The molecule has 0 heterocycles. The van der Waals surface area contributed by atoms with Gasteiger partial charge in [0, 0.05) is 6.61 Å². The Kier molecular flexibility index (Phi) is 16.5. The topological polar surface area (TPSA) is 66.4 Å². The SMILES string of the molecule is CCCC(C)COCC(C)OCC(C)OCC(C)OCC(C)OCC(C)O. The van der Waals surface area contributed by atoms with E-state index in [1.807, 2.05) is 27.7 Å². The van der Waals surface area contributed by atoms with Crippen molar-refractivity contribution in [2.75, 3.05) is 39.6 Å². The molecule has 6 unspecified atom stereocenters. The summed E-state index contributed by atoms with van der Waals surface area (Å²) in [6, 6.07) is 0. The van der Waals surface area contributed by atoms with Crippen molar-refractivity contribution in [2.45, 2.75) is 91.8 Å². The quantitative estimate of drug-likeness (QED) is 0.385. The van der Waals surface area contributed by atoms with Gasteiger partial charge in [-0.25, -0.2) is 0 Å². The van der Waals surface area contributed by atoms with E-state index < -0.39 is 6.10 Å². The largest absolute Gasteiger partial charge is 0.391 e. The summed E-state index contributed by atoms with van der Waals surface area (Å²) in [6.07, 6.45) is 1.93. The maximum Gasteiger partial charge on any atom is 0.0781 e. The molecule has 0 aliphatic carbocycles. The molecule has 1 N–H and O–H groups in total. The van der Waals surface area contributed by atoms with Crippen LogP contribution in [-0.2, 0) is 23.7 Å². The molecule has 0 aromatic rings. The number of rotatable bonds is 18. The summed E-state index contributed by atoms with van der Waals surface area (Å²) in [7, 11) is 0. The average molecular weight is 393 g/mol. The van der Waals surface area contributed by atoms with E-state index in [9.17, 15) is 5.11 Å². The molecule has 0 fully saturated rings. The molecule has 164 valence electrons. The van der Waals surface area contributed by atoms with Crippen LogP contribution in [0.5, 0.6) is 0 Å². The summed E-state index contributed by atoms with van der Waals surface area (Å²) in [5.74, 6) is 0.603. The number of hydrogen-bond donors (Lipinski definition) is 1. The minimum atomic E-state index is -0.457. The molecular formula is C21H44O6. The second-order valence-electron chi connectivity index (χ2n) is 7.86. The second-order valence-corrected chi connectivity index (χ2v) is 7.86. The summed E-state index contributed by atoms with van der Waals surface area (Å²) in [6.45, 7) is 17.3. The Balaban J connectivity index is 3.69. The second kappa shape index (κ2) is 16.7. The Labute approximate surface area is 166 Å². The molecule has 0 saturated heterocycles. The molecule has 0 bridgehead atoms. The number of hydrogen-bond acceptors (Lipinski definition) is 6. The molecule has 0 amide bonds. The van der Waals surface area contributed by atoms with Crippen LogP contribution in [0.15, 0.2) is 0 Å². The molecule has 0 spiro atoms. The lowest BCUT2D eigenvalue weighted by molar-refractivity contribution is -0.0966. The van der Waals surface area contributed by atoms with Crippen LogP contribution in [0.3, 0.4) is 0 Å². The number of aliphatic hydroxyl groups excluding tert-OH is 1. The Morgan fingerprint density at radius 2 is 1.00 bits per heavy atom. The van der Waals surface area contributed by atoms with Crippen molar-refractivity contribution < 1.29 is 28.8 Å². The van der Waals surface area contributed by atoms with E-state index in [1.54, 1.807) is 6.92 Å². The van der Waals surface area contributed by atoms with Gasteiger partial charge in [0.15, 0.2) is 0 Å². The van der Waals surface area contributed by atoms with Crippen LogP contribution in [-0.4, -0.2) is 75.3 Å². The van der Waals surface area contributed by atoms with Gasteiger partial charge < -0.3 is 28.8 Å². The highest BCUT2D eigenvalue weighted by Gasteiger charge is 2.12. The van der Waals surface area contributed by atoms with Gasteiger partial charge in [0.2, 0.25) is 0 Å². The lowest BCUT2D eigenvalue weighted by Crippen LogP contribution is -2.29. The van der Waals surface area contributed by atoms with Crippen molar-refractivity contribution in [3.05, 3.63) is 0 Å². The van der Waals surface area contributed by atoms with E-state index in [0.717, 1.165) is 6.61 Å². The van der Waals surface area contributed by atoms with Gasteiger partial charge in [0.25, 0.3) is 0 Å². The van der Waals surface area contributed by atoms with Gasteiger partial charge in [-0.15, -0.1) is 0 Å². The van der Waals surface area contributed by atoms with Crippen LogP contribution in [0.2, 0.25) is 0 Å². The molecule has 0 saturated carbocycles. The molecule has 0 radical (unpaired) electrons. The van der Waals surface area contributed by atoms with Crippen LogP contribution < -0.4 is 0 Å². The first kappa shape index (κ1) is 26.8. The average Bonchev–Trinajstić information content (AvgIpc) is 2.61. The summed E-state index contributed by atoms with van der Waals surface area (Å²) in [5.41, 5.74) is 0. The maximum atomic E-state index is 9.20. The molecule has 0 aromatic heterocycles. The fraction of sp³-hybridized carbons (Fsp3) is 1.00. The first-order chi connectivity index (χ1) is 12.7. The molecule has 6 nitrogen and oxygen atoms in total. The van der Waals surface area contributed by atoms with Gasteiger partial charge in [0.05, 0.1) is 63.6 Å². The van der Waals surface area contributed by atoms with Crippen LogP contribution in [0.4, 0.5) is 0 Å². The molecule has 0 aliphatic heterocycles. The normalized spacial score (nSPS) is 18.7. The van der Waals surface area contributed by atoms with Crippen molar-refractivity contribution in [1.82, 2.24) is 0 Å². The van der Waals surface area contributed by atoms with Gasteiger partial charge >= 0.3 is 0 Å². The zero-order chi connectivity index (χ0) is 20.7. The Hall–Kier alpha value is -0.240.